The maximum absolute atomic E-state index is 13.1. The molecule has 0 saturated carbocycles. The third kappa shape index (κ3) is 3.54. The molecule has 2 aliphatic rings. The molecule has 24 heavy (non-hydrogen) atoms. The highest BCUT2D eigenvalue weighted by Gasteiger charge is 2.45. The molecule has 6 heteroatoms. The summed E-state index contributed by atoms with van der Waals surface area (Å²) in [7, 11) is 0. The van der Waals surface area contributed by atoms with Crippen molar-refractivity contribution < 1.29 is 19.0 Å². The Balaban J connectivity index is 1.83. The second kappa shape index (κ2) is 7.07. The predicted molar refractivity (Wildman–Crippen MR) is 89.2 cm³/mol. The van der Waals surface area contributed by atoms with E-state index < -0.39 is 0 Å². The van der Waals surface area contributed by atoms with Gasteiger partial charge in [-0.15, -0.1) is 0 Å². The molecule has 0 N–H and O–H groups in total. The van der Waals surface area contributed by atoms with Crippen LogP contribution in [0.3, 0.4) is 0 Å². The second-order valence-electron chi connectivity index (χ2n) is 6.84. The molecule has 1 amide bonds. The van der Waals surface area contributed by atoms with E-state index in [1.807, 2.05) is 18.7 Å². The summed E-state index contributed by atoms with van der Waals surface area (Å²) >= 11 is 0. The third-order valence-electron chi connectivity index (χ3n) is 4.48. The number of hydrogen-bond acceptors (Lipinski definition) is 5. The molecule has 2 aliphatic heterocycles. The van der Waals surface area contributed by atoms with Gasteiger partial charge in [-0.1, -0.05) is 6.92 Å². The summed E-state index contributed by atoms with van der Waals surface area (Å²) in [5, 5.41) is 0. The Hall–Kier alpha value is -1.66. The number of carbonyl (C=O) groups is 1. The van der Waals surface area contributed by atoms with E-state index in [-0.39, 0.29) is 23.7 Å². The summed E-state index contributed by atoms with van der Waals surface area (Å²) in [6.07, 6.45) is 3.35. The molecule has 2 fully saturated rings. The summed E-state index contributed by atoms with van der Waals surface area (Å²) in [6, 6.07) is 3.55. The van der Waals surface area contributed by atoms with Crippen LogP contribution in [0.1, 0.15) is 44.0 Å². The van der Waals surface area contributed by atoms with Crippen LogP contribution in [0.2, 0.25) is 0 Å². The van der Waals surface area contributed by atoms with Crippen molar-refractivity contribution in [1.29, 1.82) is 0 Å². The minimum atomic E-state index is -0.365. The zero-order chi connectivity index (χ0) is 17.2. The first-order chi connectivity index (χ1) is 11.5. The van der Waals surface area contributed by atoms with Gasteiger partial charge in [0.1, 0.15) is 11.2 Å². The first kappa shape index (κ1) is 17.2. The lowest BCUT2D eigenvalue weighted by atomic mass is 9.98. The van der Waals surface area contributed by atoms with Gasteiger partial charge in [-0.3, -0.25) is 4.79 Å². The Morgan fingerprint density at radius 3 is 3.04 bits per heavy atom. The molecule has 0 radical (unpaired) electrons. The van der Waals surface area contributed by atoms with Crippen molar-refractivity contribution in [2.45, 2.75) is 51.4 Å². The van der Waals surface area contributed by atoms with E-state index in [9.17, 15) is 4.79 Å². The van der Waals surface area contributed by atoms with Crippen molar-refractivity contribution in [3.05, 3.63) is 23.9 Å². The SMILES string of the molecule is CC[C@H]1CN(C(=O)c2cccnc2OC(C)C)C[C@]2(CCOC2)O1. The number of aromatic nitrogens is 1. The first-order valence-corrected chi connectivity index (χ1v) is 8.69. The molecule has 0 aliphatic carbocycles. The van der Waals surface area contributed by atoms with Crippen molar-refractivity contribution in [3.8, 4) is 5.88 Å². The van der Waals surface area contributed by atoms with Gasteiger partial charge in [0.05, 0.1) is 25.4 Å². The van der Waals surface area contributed by atoms with Gasteiger partial charge in [0, 0.05) is 25.8 Å². The Morgan fingerprint density at radius 2 is 2.38 bits per heavy atom. The fourth-order valence-corrected chi connectivity index (χ4v) is 3.30. The molecular formula is C18H26N2O4. The molecule has 2 saturated heterocycles. The van der Waals surface area contributed by atoms with Gasteiger partial charge in [0.15, 0.2) is 0 Å². The quantitative estimate of drug-likeness (QED) is 0.845. The normalized spacial score (nSPS) is 27.0. The third-order valence-corrected chi connectivity index (χ3v) is 4.48. The highest BCUT2D eigenvalue weighted by molar-refractivity contribution is 5.96. The molecular weight excluding hydrogens is 308 g/mol. The number of morpholine rings is 1. The molecule has 6 nitrogen and oxygen atoms in total. The molecule has 0 bridgehead atoms. The highest BCUT2D eigenvalue weighted by Crippen LogP contribution is 2.32. The summed E-state index contributed by atoms with van der Waals surface area (Å²) in [6.45, 7) is 8.32. The minimum Gasteiger partial charge on any atom is -0.474 e. The zero-order valence-corrected chi connectivity index (χ0v) is 14.7. The van der Waals surface area contributed by atoms with Crippen LogP contribution >= 0.6 is 0 Å². The van der Waals surface area contributed by atoms with Crippen molar-refractivity contribution in [3.63, 3.8) is 0 Å². The Labute approximate surface area is 143 Å². The van der Waals surface area contributed by atoms with E-state index in [1.165, 1.54) is 0 Å². The van der Waals surface area contributed by atoms with E-state index in [4.69, 9.17) is 14.2 Å². The molecule has 1 aromatic heterocycles. The molecule has 3 heterocycles. The van der Waals surface area contributed by atoms with Gasteiger partial charge >= 0.3 is 0 Å². The van der Waals surface area contributed by atoms with Crippen LogP contribution in [0.25, 0.3) is 0 Å². The lowest BCUT2D eigenvalue weighted by Gasteiger charge is -2.43. The molecule has 0 unspecified atom stereocenters. The van der Waals surface area contributed by atoms with Crippen LogP contribution in [0.15, 0.2) is 18.3 Å². The fourth-order valence-electron chi connectivity index (χ4n) is 3.30. The van der Waals surface area contributed by atoms with Crippen LogP contribution in [0, 0.1) is 0 Å². The lowest BCUT2D eigenvalue weighted by Crippen LogP contribution is -2.57. The number of hydrogen-bond donors (Lipinski definition) is 0. The number of carbonyl (C=O) groups excluding carboxylic acids is 1. The van der Waals surface area contributed by atoms with Gasteiger partial charge in [-0.25, -0.2) is 4.98 Å². The summed E-state index contributed by atoms with van der Waals surface area (Å²) < 4.78 is 17.5. The lowest BCUT2D eigenvalue weighted by molar-refractivity contribution is -0.145. The number of nitrogens with zero attached hydrogens (tertiary/aromatic N) is 2. The maximum Gasteiger partial charge on any atom is 0.259 e. The smallest absolute Gasteiger partial charge is 0.259 e. The molecule has 132 valence electrons. The Morgan fingerprint density at radius 1 is 1.54 bits per heavy atom. The topological polar surface area (TPSA) is 60.9 Å². The maximum atomic E-state index is 13.1. The average molecular weight is 334 g/mol. The van der Waals surface area contributed by atoms with E-state index in [0.29, 0.717) is 37.7 Å². The number of rotatable bonds is 4. The fraction of sp³-hybridized carbons (Fsp3) is 0.667. The predicted octanol–water partition coefficient (Wildman–Crippen LogP) is 2.28. The van der Waals surface area contributed by atoms with E-state index in [1.54, 1.807) is 18.3 Å². The standard InChI is InChI=1S/C18H26N2O4/c1-4-14-10-20(11-18(24-14)7-9-22-12-18)17(21)15-6-5-8-19-16(15)23-13(2)3/h5-6,8,13-14H,4,7,9-12H2,1-3H3/t14-,18-/m0/s1. The van der Waals surface area contributed by atoms with Crippen molar-refractivity contribution in [2.75, 3.05) is 26.3 Å². The van der Waals surface area contributed by atoms with Crippen LogP contribution in [-0.4, -0.2) is 59.9 Å². The second-order valence-corrected chi connectivity index (χ2v) is 6.84. The van der Waals surface area contributed by atoms with Gasteiger partial charge in [-0.2, -0.15) is 0 Å². The number of pyridine rings is 1. The zero-order valence-electron chi connectivity index (χ0n) is 14.7. The molecule has 3 rings (SSSR count). The molecule has 0 aromatic carbocycles. The number of ether oxygens (including phenoxy) is 3. The van der Waals surface area contributed by atoms with Crippen molar-refractivity contribution >= 4 is 5.91 Å². The largest absolute Gasteiger partial charge is 0.474 e. The average Bonchev–Trinajstić information content (AvgIpc) is 3.01. The van der Waals surface area contributed by atoms with Crippen LogP contribution < -0.4 is 4.74 Å². The van der Waals surface area contributed by atoms with Gasteiger partial charge in [-0.05, 0) is 32.4 Å². The van der Waals surface area contributed by atoms with Crippen LogP contribution in [0.4, 0.5) is 0 Å². The van der Waals surface area contributed by atoms with Crippen molar-refractivity contribution in [2.24, 2.45) is 0 Å². The molecule has 2 atom stereocenters. The summed E-state index contributed by atoms with van der Waals surface area (Å²) in [5.41, 5.74) is 0.146. The Kier molecular flexibility index (Phi) is 5.06. The molecule has 1 aromatic rings. The monoisotopic (exact) mass is 334 g/mol. The Bertz CT molecular complexity index is 584. The highest BCUT2D eigenvalue weighted by atomic mass is 16.6. The summed E-state index contributed by atoms with van der Waals surface area (Å²) in [4.78, 5) is 19.2. The van der Waals surface area contributed by atoms with E-state index in [2.05, 4.69) is 11.9 Å². The van der Waals surface area contributed by atoms with Crippen molar-refractivity contribution in [1.82, 2.24) is 9.88 Å². The van der Waals surface area contributed by atoms with Crippen LogP contribution in [-0.2, 0) is 9.47 Å². The van der Waals surface area contributed by atoms with Gasteiger partial charge in [0.25, 0.3) is 5.91 Å². The van der Waals surface area contributed by atoms with E-state index in [0.717, 1.165) is 12.8 Å². The number of amides is 1. The first-order valence-electron chi connectivity index (χ1n) is 8.69. The van der Waals surface area contributed by atoms with Gasteiger partial charge in [0.2, 0.25) is 5.88 Å². The summed E-state index contributed by atoms with van der Waals surface area (Å²) in [5.74, 6) is 0.348. The minimum absolute atomic E-state index is 0.0332. The van der Waals surface area contributed by atoms with Gasteiger partial charge < -0.3 is 19.1 Å². The van der Waals surface area contributed by atoms with Crippen LogP contribution in [0.5, 0.6) is 5.88 Å². The molecule has 1 spiro atoms. The van der Waals surface area contributed by atoms with E-state index >= 15 is 0 Å².